The van der Waals surface area contributed by atoms with Gasteiger partial charge in [-0.25, -0.2) is 0 Å². The second-order valence-electron chi connectivity index (χ2n) is 7.42. The third-order valence-corrected chi connectivity index (χ3v) is 5.58. The number of fused-ring (bicyclic) bond motifs is 2. The molecule has 0 saturated carbocycles. The minimum atomic E-state index is -0.0962. The molecule has 0 unspecified atom stereocenters. The lowest BCUT2D eigenvalue weighted by atomic mass is 9.72. The molecule has 1 aliphatic carbocycles. The number of amides is 1. The van der Waals surface area contributed by atoms with Gasteiger partial charge in [-0.05, 0) is 37.1 Å². The molecule has 1 heterocycles. The first-order valence-corrected chi connectivity index (χ1v) is 9.31. The van der Waals surface area contributed by atoms with E-state index in [0.717, 1.165) is 25.9 Å². The van der Waals surface area contributed by atoms with Gasteiger partial charge in [-0.2, -0.15) is 0 Å². The molecule has 25 heavy (non-hydrogen) atoms. The van der Waals surface area contributed by atoms with Crippen LogP contribution in [-0.2, 0) is 19.7 Å². The monoisotopic (exact) mass is 346 g/mol. The maximum absolute atomic E-state index is 12.5. The van der Waals surface area contributed by atoms with Crippen LogP contribution in [0.3, 0.4) is 0 Å². The van der Waals surface area contributed by atoms with Gasteiger partial charge >= 0.3 is 0 Å². The third kappa shape index (κ3) is 3.46. The zero-order valence-corrected chi connectivity index (χ0v) is 15.5. The lowest BCUT2D eigenvalue weighted by molar-refractivity contribution is -0.127. The van der Waals surface area contributed by atoms with Crippen LogP contribution in [0.15, 0.2) is 24.3 Å². The van der Waals surface area contributed by atoms with Crippen LogP contribution in [0.5, 0.6) is 0 Å². The van der Waals surface area contributed by atoms with Crippen molar-refractivity contribution in [1.29, 1.82) is 0 Å². The highest BCUT2D eigenvalue weighted by atomic mass is 16.5. The first-order chi connectivity index (χ1) is 12.1. The standard InChI is InChI=1S/C20H30N2O3/c1-14(2)19(23)22-17-15-6-4-5-7-16(15)20(8-10-21-11-9-20)18(17)25-13-12-24-3/h4-7,14,17-18,21H,8-13H2,1-3H3,(H,22,23)/t17-,18+/m1/s1. The van der Waals surface area contributed by atoms with Crippen molar-refractivity contribution in [1.82, 2.24) is 10.6 Å². The van der Waals surface area contributed by atoms with Crippen LogP contribution in [0, 0.1) is 5.92 Å². The van der Waals surface area contributed by atoms with E-state index in [1.807, 2.05) is 13.8 Å². The summed E-state index contributed by atoms with van der Waals surface area (Å²) in [5.74, 6) is 0.0301. The van der Waals surface area contributed by atoms with Crippen LogP contribution < -0.4 is 10.6 Å². The average Bonchev–Trinajstić information content (AvgIpc) is 2.86. The SMILES string of the molecule is COCCO[C@H]1[C@H](NC(=O)C(C)C)c2ccccc2C12CCNCC2. The van der Waals surface area contributed by atoms with Crippen LogP contribution in [0.1, 0.15) is 43.9 Å². The Morgan fingerprint density at radius 3 is 2.68 bits per heavy atom. The molecule has 5 heteroatoms. The molecule has 1 aromatic carbocycles. The second-order valence-corrected chi connectivity index (χ2v) is 7.42. The van der Waals surface area contributed by atoms with Crippen molar-refractivity contribution in [3.8, 4) is 0 Å². The van der Waals surface area contributed by atoms with Crippen molar-refractivity contribution in [2.24, 2.45) is 5.92 Å². The number of ether oxygens (including phenoxy) is 2. The number of methoxy groups -OCH3 is 1. The van der Waals surface area contributed by atoms with Gasteiger partial charge in [0.1, 0.15) is 0 Å². The molecule has 0 bridgehead atoms. The van der Waals surface area contributed by atoms with Gasteiger partial charge in [0.05, 0.1) is 25.4 Å². The Morgan fingerprint density at radius 1 is 1.28 bits per heavy atom. The number of carbonyl (C=O) groups excluding carboxylic acids is 1. The molecule has 3 rings (SSSR count). The zero-order valence-electron chi connectivity index (χ0n) is 15.5. The summed E-state index contributed by atoms with van der Waals surface area (Å²) in [5.41, 5.74) is 2.51. The number of carbonyl (C=O) groups is 1. The summed E-state index contributed by atoms with van der Waals surface area (Å²) in [6.07, 6.45) is 2.00. The molecule has 1 spiro atoms. The van der Waals surface area contributed by atoms with E-state index >= 15 is 0 Å². The molecule has 138 valence electrons. The molecule has 1 fully saturated rings. The van der Waals surface area contributed by atoms with Gasteiger partial charge < -0.3 is 20.1 Å². The maximum atomic E-state index is 12.5. The quantitative estimate of drug-likeness (QED) is 0.775. The molecule has 1 saturated heterocycles. The fourth-order valence-electron chi connectivity index (χ4n) is 4.27. The van der Waals surface area contributed by atoms with Crippen molar-refractivity contribution >= 4 is 5.91 Å². The highest BCUT2D eigenvalue weighted by Crippen LogP contribution is 2.51. The van der Waals surface area contributed by atoms with E-state index in [9.17, 15) is 4.79 Å². The van der Waals surface area contributed by atoms with E-state index in [-0.39, 0.29) is 29.4 Å². The minimum absolute atomic E-state index is 0.0372. The van der Waals surface area contributed by atoms with E-state index in [1.165, 1.54) is 11.1 Å². The summed E-state index contributed by atoms with van der Waals surface area (Å²) in [5, 5.41) is 6.72. The van der Waals surface area contributed by atoms with Gasteiger partial charge in [0.25, 0.3) is 0 Å². The Kier molecular flexibility index (Phi) is 5.77. The number of hydrogen-bond donors (Lipinski definition) is 2. The van der Waals surface area contributed by atoms with Gasteiger partial charge in [0, 0.05) is 18.4 Å². The fraction of sp³-hybridized carbons (Fsp3) is 0.650. The molecule has 0 radical (unpaired) electrons. The minimum Gasteiger partial charge on any atom is -0.382 e. The highest BCUT2D eigenvalue weighted by molar-refractivity contribution is 5.78. The Bertz CT molecular complexity index is 596. The van der Waals surface area contributed by atoms with Gasteiger partial charge in [0.15, 0.2) is 0 Å². The Hall–Kier alpha value is -1.43. The topological polar surface area (TPSA) is 59.6 Å². The lowest BCUT2D eigenvalue weighted by Gasteiger charge is -2.41. The first kappa shape index (κ1) is 18.4. The lowest BCUT2D eigenvalue weighted by Crippen LogP contribution is -2.50. The summed E-state index contributed by atoms with van der Waals surface area (Å²) < 4.78 is 11.5. The van der Waals surface area contributed by atoms with Gasteiger partial charge in [-0.15, -0.1) is 0 Å². The number of benzene rings is 1. The van der Waals surface area contributed by atoms with Gasteiger partial charge in [0.2, 0.25) is 5.91 Å². The normalized spacial score (nSPS) is 24.5. The van der Waals surface area contributed by atoms with Crippen LogP contribution in [0.4, 0.5) is 0 Å². The largest absolute Gasteiger partial charge is 0.382 e. The fourth-order valence-corrected chi connectivity index (χ4v) is 4.27. The summed E-state index contributed by atoms with van der Waals surface area (Å²) in [6.45, 7) is 6.91. The zero-order chi connectivity index (χ0) is 17.9. The van der Waals surface area contributed by atoms with Gasteiger partial charge in [-0.3, -0.25) is 4.79 Å². The number of rotatable bonds is 6. The van der Waals surface area contributed by atoms with Crippen LogP contribution in [0.2, 0.25) is 0 Å². The van der Waals surface area contributed by atoms with Crippen LogP contribution >= 0.6 is 0 Å². The van der Waals surface area contributed by atoms with Gasteiger partial charge in [-0.1, -0.05) is 38.1 Å². The molecule has 0 aromatic heterocycles. The van der Waals surface area contributed by atoms with E-state index < -0.39 is 0 Å². The Morgan fingerprint density at radius 2 is 2.00 bits per heavy atom. The first-order valence-electron chi connectivity index (χ1n) is 9.31. The number of piperidine rings is 1. The Labute approximate surface area is 150 Å². The predicted octanol–water partition coefficient (Wildman–Crippen LogP) is 2.17. The van der Waals surface area contributed by atoms with E-state index in [2.05, 4.69) is 34.9 Å². The average molecular weight is 346 g/mol. The molecule has 5 nitrogen and oxygen atoms in total. The molecule has 1 aliphatic heterocycles. The summed E-state index contributed by atoms with van der Waals surface area (Å²) in [7, 11) is 1.69. The van der Waals surface area contributed by atoms with Crippen molar-refractivity contribution in [2.75, 3.05) is 33.4 Å². The smallest absolute Gasteiger partial charge is 0.223 e. The summed E-state index contributed by atoms with van der Waals surface area (Å²) in [6, 6.07) is 8.42. The van der Waals surface area contributed by atoms with E-state index in [4.69, 9.17) is 9.47 Å². The van der Waals surface area contributed by atoms with Crippen molar-refractivity contribution in [3.05, 3.63) is 35.4 Å². The molecule has 1 aromatic rings. The summed E-state index contributed by atoms with van der Waals surface area (Å²) in [4.78, 5) is 12.5. The molecule has 1 amide bonds. The molecule has 2 N–H and O–H groups in total. The number of hydrogen-bond acceptors (Lipinski definition) is 4. The van der Waals surface area contributed by atoms with Crippen molar-refractivity contribution < 1.29 is 14.3 Å². The van der Waals surface area contributed by atoms with Crippen LogP contribution in [0.25, 0.3) is 0 Å². The molecular weight excluding hydrogens is 316 g/mol. The maximum Gasteiger partial charge on any atom is 0.223 e. The number of nitrogens with one attached hydrogen (secondary N) is 2. The Balaban J connectivity index is 1.96. The second kappa shape index (κ2) is 7.85. The van der Waals surface area contributed by atoms with E-state index in [0.29, 0.717) is 13.2 Å². The van der Waals surface area contributed by atoms with Crippen molar-refractivity contribution in [2.45, 2.75) is 44.2 Å². The molecule has 2 atom stereocenters. The third-order valence-electron chi connectivity index (χ3n) is 5.58. The highest BCUT2D eigenvalue weighted by Gasteiger charge is 2.53. The predicted molar refractivity (Wildman–Crippen MR) is 97.6 cm³/mol. The van der Waals surface area contributed by atoms with Crippen LogP contribution in [-0.4, -0.2) is 45.4 Å². The summed E-state index contributed by atoms with van der Waals surface area (Å²) >= 11 is 0. The molecular formula is C20H30N2O3. The van der Waals surface area contributed by atoms with E-state index in [1.54, 1.807) is 7.11 Å². The van der Waals surface area contributed by atoms with Crippen molar-refractivity contribution in [3.63, 3.8) is 0 Å². The molecule has 2 aliphatic rings.